The van der Waals surface area contributed by atoms with Crippen LogP contribution in [0, 0.1) is 0 Å². The summed E-state index contributed by atoms with van der Waals surface area (Å²) in [5, 5.41) is 6.21. The average molecular weight is 227 g/mol. The van der Waals surface area contributed by atoms with E-state index in [2.05, 4.69) is 10.6 Å². The molecule has 82 valence electrons. The van der Waals surface area contributed by atoms with Gasteiger partial charge >= 0.3 is 0 Å². The molecule has 0 bridgehead atoms. The van der Waals surface area contributed by atoms with Crippen molar-refractivity contribution in [3.8, 4) is 0 Å². The number of carbonyl (C=O) groups is 1. The van der Waals surface area contributed by atoms with Crippen LogP contribution < -0.4 is 10.6 Å². The van der Waals surface area contributed by atoms with Gasteiger partial charge in [-0.1, -0.05) is 18.2 Å². The van der Waals surface area contributed by atoms with E-state index in [0.717, 1.165) is 25.1 Å². The highest BCUT2D eigenvalue weighted by atomic mass is 35.5. The maximum atomic E-state index is 11.7. The smallest absolute Gasteiger partial charge is 0.251 e. The molecule has 2 N–H and O–H groups in total. The van der Waals surface area contributed by atoms with Gasteiger partial charge in [-0.15, -0.1) is 12.4 Å². The van der Waals surface area contributed by atoms with Crippen molar-refractivity contribution in [2.45, 2.75) is 12.5 Å². The van der Waals surface area contributed by atoms with Gasteiger partial charge in [-0.25, -0.2) is 0 Å². The minimum absolute atomic E-state index is 0. The van der Waals surface area contributed by atoms with Gasteiger partial charge < -0.3 is 10.6 Å². The molecule has 1 saturated heterocycles. The second-order valence-electron chi connectivity index (χ2n) is 3.53. The first-order valence-corrected chi connectivity index (χ1v) is 4.93. The third-order valence-corrected chi connectivity index (χ3v) is 2.43. The zero-order valence-corrected chi connectivity index (χ0v) is 9.22. The average Bonchev–Trinajstić information content (AvgIpc) is 2.72. The molecule has 1 heterocycles. The minimum Gasteiger partial charge on any atom is -0.348 e. The largest absolute Gasteiger partial charge is 0.348 e. The molecule has 1 fully saturated rings. The second-order valence-corrected chi connectivity index (χ2v) is 3.53. The number of halogens is 1. The van der Waals surface area contributed by atoms with Crippen molar-refractivity contribution in [3.63, 3.8) is 0 Å². The van der Waals surface area contributed by atoms with Crippen LogP contribution >= 0.6 is 12.4 Å². The lowest BCUT2D eigenvalue weighted by molar-refractivity contribution is 0.0940. The van der Waals surface area contributed by atoms with E-state index in [9.17, 15) is 4.79 Å². The Hall–Kier alpha value is -1.06. The van der Waals surface area contributed by atoms with Gasteiger partial charge in [0.2, 0.25) is 0 Å². The summed E-state index contributed by atoms with van der Waals surface area (Å²) in [5.41, 5.74) is 0.736. The summed E-state index contributed by atoms with van der Waals surface area (Å²) in [4.78, 5) is 11.7. The Kier molecular flexibility index (Phi) is 4.59. The van der Waals surface area contributed by atoms with Crippen LogP contribution in [0.5, 0.6) is 0 Å². The van der Waals surface area contributed by atoms with Crippen LogP contribution in [0.1, 0.15) is 16.8 Å². The van der Waals surface area contributed by atoms with E-state index in [4.69, 9.17) is 0 Å². The first-order valence-electron chi connectivity index (χ1n) is 4.93. The Morgan fingerprint density at radius 2 is 2.07 bits per heavy atom. The topological polar surface area (TPSA) is 41.1 Å². The third-order valence-electron chi connectivity index (χ3n) is 2.43. The van der Waals surface area contributed by atoms with Crippen molar-refractivity contribution >= 4 is 18.3 Å². The number of nitrogens with one attached hydrogen (secondary N) is 2. The molecular formula is C11H15ClN2O. The minimum atomic E-state index is 0. The Morgan fingerprint density at radius 1 is 1.33 bits per heavy atom. The van der Waals surface area contributed by atoms with E-state index in [1.807, 2.05) is 30.3 Å². The summed E-state index contributed by atoms with van der Waals surface area (Å²) >= 11 is 0. The Labute approximate surface area is 95.7 Å². The molecule has 0 radical (unpaired) electrons. The lowest BCUT2D eigenvalue weighted by Gasteiger charge is -2.10. The summed E-state index contributed by atoms with van der Waals surface area (Å²) < 4.78 is 0. The van der Waals surface area contributed by atoms with E-state index >= 15 is 0 Å². The zero-order valence-electron chi connectivity index (χ0n) is 8.40. The molecule has 1 aliphatic heterocycles. The van der Waals surface area contributed by atoms with E-state index in [1.54, 1.807) is 0 Å². The number of amides is 1. The van der Waals surface area contributed by atoms with Crippen LogP contribution in [-0.4, -0.2) is 25.0 Å². The highest BCUT2D eigenvalue weighted by molar-refractivity contribution is 5.94. The van der Waals surface area contributed by atoms with Gasteiger partial charge in [0.1, 0.15) is 0 Å². The highest BCUT2D eigenvalue weighted by Gasteiger charge is 2.16. The first kappa shape index (κ1) is 12.0. The zero-order chi connectivity index (χ0) is 9.80. The number of carbonyl (C=O) groups excluding carboxylic acids is 1. The normalized spacial score (nSPS) is 19.3. The van der Waals surface area contributed by atoms with E-state index in [-0.39, 0.29) is 18.3 Å². The molecule has 1 atom stereocenters. The Balaban J connectivity index is 0.00000112. The molecule has 0 spiro atoms. The molecule has 1 aromatic carbocycles. The van der Waals surface area contributed by atoms with Crippen molar-refractivity contribution in [2.75, 3.05) is 13.1 Å². The monoisotopic (exact) mass is 226 g/mol. The fourth-order valence-corrected chi connectivity index (χ4v) is 1.64. The predicted octanol–water partition coefficient (Wildman–Crippen LogP) is 1.20. The maximum absolute atomic E-state index is 11.7. The van der Waals surface area contributed by atoms with Crippen LogP contribution in [0.3, 0.4) is 0 Å². The van der Waals surface area contributed by atoms with Gasteiger partial charge in [0.05, 0.1) is 0 Å². The molecule has 0 aliphatic carbocycles. The maximum Gasteiger partial charge on any atom is 0.251 e. The summed E-state index contributed by atoms with van der Waals surface area (Å²) in [6.45, 7) is 1.89. The third kappa shape index (κ3) is 3.22. The summed E-state index contributed by atoms with van der Waals surface area (Å²) in [7, 11) is 0. The molecule has 0 aromatic heterocycles. The second kappa shape index (κ2) is 5.73. The number of rotatable bonds is 2. The van der Waals surface area contributed by atoms with Crippen LogP contribution in [0.15, 0.2) is 30.3 Å². The van der Waals surface area contributed by atoms with Crippen LogP contribution in [0.25, 0.3) is 0 Å². The Morgan fingerprint density at radius 3 is 2.67 bits per heavy atom. The van der Waals surface area contributed by atoms with Gasteiger partial charge in [0.15, 0.2) is 0 Å². The molecular weight excluding hydrogens is 212 g/mol. The van der Waals surface area contributed by atoms with E-state index in [1.165, 1.54) is 0 Å². The number of hydrogen-bond donors (Lipinski definition) is 2. The molecule has 1 aliphatic rings. The Bertz CT molecular complexity index is 310. The number of benzene rings is 1. The first-order chi connectivity index (χ1) is 6.86. The standard InChI is InChI=1S/C11H14N2O.ClH/c14-11(9-4-2-1-3-5-9)13-10-6-7-12-8-10;/h1-5,10,12H,6-8H2,(H,13,14);1H/t10-;/m0./s1. The highest BCUT2D eigenvalue weighted by Crippen LogP contribution is 2.02. The molecule has 4 heteroatoms. The quantitative estimate of drug-likeness (QED) is 0.796. The van der Waals surface area contributed by atoms with Crippen molar-refractivity contribution in [3.05, 3.63) is 35.9 Å². The molecule has 1 amide bonds. The summed E-state index contributed by atoms with van der Waals surface area (Å²) in [5.74, 6) is 0.0271. The van der Waals surface area contributed by atoms with Gasteiger partial charge in [-0.05, 0) is 25.1 Å². The van der Waals surface area contributed by atoms with Crippen molar-refractivity contribution in [2.24, 2.45) is 0 Å². The van der Waals surface area contributed by atoms with Gasteiger partial charge in [0.25, 0.3) is 5.91 Å². The van der Waals surface area contributed by atoms with Crippen molar-refractivity contribution < 1.29 is 4.79 Å². The molecule has 15 heavy (non-hydrogen) atoms. The fraction of sp³-hybridized carbons (Fsp3) is 0.364. The van der Waals surface area contributed by atoms with Crippen LogP contribution in [0.4, 0.5) is 0 Å². The molecule has 1 aromatic rings. The molecule has 0 unspecified atom stereocenters. The molecule has 2 rings (SSSR count). The molecule has 3 nitrogen and oxygen atoms in total. The predicted molar refractivity (Wildman–Crippen MR) is 62.4 cm³/mol. The summed E-state index contributed by atoms with van der Waals surface area (Å²) in [6, 6.07) is 9.62. The lowest BCUT2D eigenvalue weighted by atomic mass is 10.2. The molecule has 0 saturated carbocycles. The summed E-state index contributed by atoms with van der Waals surface area (Å²) in [6.07, 6.45) is 1.03. The van der Waals surface area contributed by atoms with Crippen LogP contribution in [0.2, 0.25) is 0 Å². The van der Waals surface area contributed by atoms with Crippen molar-refractivity contribution in [1.82, 2.24) is 10.6 Å². The van der Waals surface area contributed by atoms with Gasteiger partial charge in [-0.2, -0.15) is 0 Å². The van der Waals surface area contributed by atoms with Crippen molar-refractivity contribution in [1.29, 1.82) is 0 Å². The van der Waals surface area contributed by atoms with Gasteiger partial charge in [0, 0.05) is 18.2 Å². The number of hydrogen-bond acceptors (Lipinski definition) is 2. The SMILES string of the molecule is Cl.O=C(N[C@H]1CCNC1)c1ccccc1. The van der Waals surface area contributed by atoms with Gasteiger partial charge in [-0.3, -0.25) is 4.79 Å². The van der Waals surface area contributed by atoms with E-state index < -0.39 is 0 Å². The van der Waals surface area contributed by atoms with E-state index in [0.29, 0.717) is 6.04 Å². The van der Waals surface area contributed by atoms with Crippen LogP contribution in [-0.2, 0) is 0 Å². The lowest BCUT2D eigenvalue weighted by Crippen LogP contribution is -2.36. The fourth-order valence-electron chi connectivity index (χ4n) is 1.64.